The summed E-state index contributed by atoms with van der Waals surface area (Å²) >= 11 is 0. The lowest BCUT2D eigenvalue weighted by Gasteiger charge is -2.16. The van der Waals surface area contributed by atoms with Gasteiger partial charge in [-0.25, -0.2) is 0 Å². The van der Waals surface area contributed by atoms with Crippen LogP contribution in [0.5, 0.6) is 0 Å². The van der Waals surface area contributed by atoms with E-state index in [9.17, 15) is 10.2 Å². The lowest BCUT2D eigenvalue weighted by atomic mass is 10.0. The molecule has 18 heavy (non-hydrogen) atoms. The molecule has 1 aromatic carbocycles. The molecule has 0 aliphatic heterocycles. The van der Waals surface area contributed by atoms with E-state index in [-0.39, 0.29) is 6.54 Å². The molecule has 0 aliphatic rings. The van der Waals surface area contributed by atoms with Crippen LogP contribution in [0.1, 0.15) is 11.7 Å². The zero-order valence-corrected chi connectivity index (χ0v) is 9.93. The second-order valence-electron chi connectivity index (χ2n) is 4.17. The number of benzene rings is 1. The van der Waals surface area contributed by atoms with E-state index in [2.05, 4.69) is 10.0 Å². The minimum absolute atomic E-state index is 0.148. The molecule has 2 unspecified atom stereocenters. The topological polar surface area (TPSA) is 94.1 Å². The summed E-state index contributed by atoms with van der Waals surface area (Å²) in [7, 11) is 1.94. The van der Waals surface area contributed by atoms with Gasteiger partial charge in [-0.1, -0.05) is 11.2 Å². The summed E-state index contributed by atoms with van der Waals surface area (Å²) in [5.41, 5.74) is 9.83. The summed E-state index contributed by atoms with van der Waals surface area (Å²) in [6.45, 7) is -0.148. The van der Waals surface area contributed by atoms with Gasteiger partial charge in [-0.3, -0.25) is 0 Å². The summed E-state index contributed by atoms with van der Waals surface area (Å²) in [5, 5.41) is 23.8. The van der Waals surface area contributed by atoms with E-state index in [0.29, 0.717) is 5.56 Å². The first-order chi connectivity index (χ1) is 8.63. The maximum absolute atomic E-state index is 9.94. The van der Waals surface area contributed by atoms with Crippen LogP contribution < -0.4 is 0 Å². The largest absolute Gasteiger partial charge is 0.390 e. The lowest BCUT2D eigenvalue weighted by Crippen LogP contribution is -2.21. The quantitative estimate of drug-likeness (QED) is 0.489. The van der Waals surface area contributed by atoms with Gasteiger partial charge in [-0.05, 0) is 34.7 Å². The van der Waals surface area contributed by atoms with Crippen LogP contribution in [0, 0.1) is 0 Å². The van der Waals surface area contributed by atoms with Gasteiger partial charge in [0.2, 0.25) is 0 Å². The molecule has 2 aromatic rings. The molecule has 6 heteroatoms. The van der Waals surface area contributed by atoms with Gasteiger partial charge >= 0.3 is 0 Å². The molecule has 0 bridgehead atoms. The van der Waals surface area contributed by atoms with Crippen LogP contribution in [0.3, 0.4) is 0 Å². The molecular formula is C12H14N4O2. The Labute approximate surface area is 104 Å². The highest BCUT2D eigenvalue weighted by Crippen LogP contribution is 2.23. The maximum atomic E-state index is 9.94. The molecular weight excluding hydrogens is 232 g/mol. The minimum atomic E-state index is -1.10. The van der Waals surface area contributed by atoms with Crippen molar-refractivity contribution in [2.45, 2.75) is 12.2 Å². The SMILES string of the molecule is Cn1ccc2cc(C(O)C(O)CN=[N+]=[N-])ccc21. The highest BCUT2D eigenvalue weighted by molar-refractivity contribution is 5.80. The third-order valence-corrected chi connectivity index (χ3v) is 2.95. The fraction of sp³-hybridized carbons (Fsp3) is 0.333. The Hall–Kier alpha value is -2.01. The van der Waals surface area contributed by atoms with Gasteiger partial charge in [-0.15, -0.1) is 0 Å². The first kappa shape index (κ1) is 12.4. The van der Waals surface area contributed by atoms with Crippen molar-refractivity contribution in [2.24, 2.45) is 12.2 Å². The maximum Gasteiger partial charge on any atom is 0.105 e. The number of rotatable bonds is 4. The van der Waals surface area contributed by atoms with Crippen LogP contribution in [0.15, 0.2) is 35.6 Å². The molecule has 6 nitrogen and oxygen atoms in total. The number of aliphatic hydroxyl groups excluding tert-OH is 2. The molecule has 2 atom stereocenters. The average molecular weight is 246 g/mol. The minimum Gasteiger partial charge on any atom is -0.390 e. The van der Waals surface area contributed by atoms with Crippen LogP contribution in [0.4, 0.5) is 0 Å². The third-order valence-electron chi connectivity index (χ3n) is 2.95. The normalized spacial score (nSPS) is 14.2. The van der Waals surface area contributed by atoms with Crippen molar-refractivity contribution in [1.29, 1.82) is 0 Å². The molecule has 1 heterocycles. The predicted molar refractivity (Wildman–Crippen MR) is 67.9 cm³/mol. The number of aromatic nitrogens is 1. The molecule has 1 aromatic heterocycles. The zero-order valence-electron chi connectivity index (χ0n) is 9.93. The summed E-state index contributed by atoms with van der Waals surface area (Å²) in [6, 6.07) is 7.39. The van der Waals surface area contributed by atoms with Gasteiger partial charge in [0.15, 0.2) is 0 Å². The molecule has 0 saturated heterocycles. The Kier molecular flexibility index (Phi) is 3.53. The van der Waals surface area contributed by atoms with Gasteiger partial charge in [0, 0.05) is 23.7 Å². The van der Waals surface area contributed by atoms with Gasteiger partial charge in [0.1, 0.15) is 6.10 Å². The first-order valence-corrected chi connectivity index (χ1v) is 5.55. The van der Waals surface area contributed by atoms with Crippen LogP contribution in [0.2, 0.25) is 0 Å². The van der Waals surface area contributed by atoms with Crippen molar-refractivity contribution in [1.82, 2.24) is 4.57 Å². The van der Waals surface area contributed by atoms with Crippen molar-refractivity contribution in [3.63, 3.8) is 0 Å². The van der Waals surface area contributed by atoms with Crippen molar-refractivity contribution >= 4 is 10.9 Å². The smallest absolute Gasteiger partial charge is 0.105 e. The van der Waals surface area contributed by atoms with E-state index < -0.39 is 12.2 Å². The number of hydrogen-bond donors (Lipinski definition) is 2. The van der Waals surface area contributed by atoms with E-state index in [1.165, 1.54) is 0 Å². The summed E-state index contributed by atoms with van der Waals surface area (Å²) in [4.78, 5) is 2.56. The fourth-order valence-corrected chi connectivity index (χ4v) is 1.93. The average Bonchev–Trinajstić information content (AvgIpc) is 2.76. The molecule has 2 N–H and O–H groups in total. The molecule has 0 spiro atoms. The van der Waals surface area contributed by atoms with Crippen molar-refractivity contribution in [2.75, 3.05) is 6.54 Å². The number of fused-ring (bicyclic) bond motifs is 1. The Bertz CT molecular complexity index is 601. The molecule has 0 aliphatic carbocycles. The van der Waals surface area contributed by atoms with Crippen molar-refractivity contribution in [3.05, 3.63) is 46.5 Å². The molecule has 2 rings (SSSR count). The second-order valence-corrected chi connectivity index (χ2v) is 4.17. The van der Waals surface area contributed by atoms with Crippen molar-refractivity contribution < 1.29 is 10.2 Å². The van der Waals surface area contributed by atoms with Crippen LogP contribution in [-0.2, 0) is 7.05 Å². The number of nitrogens with zero attached hydrogens (tertiary/aromatic N) is 4. The zero-order chi connectivity index (χ0) is 13.1. The number of azide groups is 1. The van der Waals surface area contributed by atoms with E-state index >= 15 is 0 Å². The Morgan fingerprint density at radius 3 is 2.89 bits per heavy atom. The molecule has 94 valence electrons. The van der Waals surface area contributed by atoms with Crippen LogP contribution in [-0.4, -0.2) is 27.4 Å². The standard InChI is InChI=1S/C12H14N4O2/c1-16-5-4-8-6-9(2-3-10(8)16)12(18)11(17)7-14-15-13/h2-6,11-12,17-18H,7H2,1H3. The molecule has 0 radical (unpaired) electrons. The van der Waals surface area contributed by atoms with Gasteiger partial charge in [-0.2, -0.15) is 0 Å². The summed E-state index contributed by atoms with van der Waals surface area (Å²) in [6.07, 6.45) is -0.223. The lowest BCUT2D eigenvalue weighted by molar-refractivity contribution is 0.0245. The predicted octanol–water partition coefficient (Wildman–Crippen LogP) is 1.88. The highest BCUT2D eigenvalue weighted by Gasteiger charge is 2.18. The van der Waals surface area contributed by atoms with Crippen molar-refractivity contribution in [3.8, 4) is 0 Å². The summed E-state index contributed by atoms with van der Waals surface area (Å²) < 4.78 is 1.97. The summed E-state index contributed by atoms with van der Waals surface area (Å²) in [5.74, 6) is 0. The van der Waals surface area contributed by atoms with Crippen LogP contribution >= 0.6 is 0 Å². The third kappa shape index (κ3) is 2.31. The molecule has 0 saturated carbocycles. The van der Waals surface area contributed by atoms with E-state index in [4.69, 9.17) is 5.53 Å². The highest BCUT2D eigenvalue weighted by atomic mass is 16.3. The fourth-order valence-electron chi connectivity index (χ4n) is 1.93. The van der Waals surface area contributed by atoms with Gasteiger partial charge in [0.25, 0.3) is 0 Å². The van der Waals surface area contributed by atoms with E-state index in [1.54, 1.807) is 6.07 Å². The Morgan fingerprint density at radius 2 is 2.17 bits per heavy atom. The van der Waals surface area contributed by atoms with E-state index in [1.807, 2.05) is 36.0 Å². The second kappa shape index (κ2) is 5.10. The van der Waals surface area contributed by atoms with E-state index in [0.717, 1.165) is 10.9 Å². The monoisotopic (exact) mass is 246 g/mol. The first-order valence-electron chi connectivity index (χ1n) is 5.55. The molecule has 0 amide bonds. The Morgan fingerprint density at radius 1 is 1.39 bits per heavy atom. The van der Waals surface area contributed by atoms with Crippen LogP contribution in [0.25, 0.3) is 21.3 Å². The molecule has 0 fully saturated rings. The number of aliphatic hydroxyl groups is 2. The number of aryl methyl sites for hydroxylation is 1. The van der Waals surface area contributed by atoms with Gasteiger partial charge in [0.05, 0.1) is 12.6 Å². The van der Waals surface area contributed by atoms with Gasteiger partial charge < -0.3 is 14.8 Å². The Balaban J connectivity index is 2.27. The number of hydrogen-bond acceptors (Lipinski definition) is 3.